The van der Waals surface area contributed by atoms with E-state index in [0.29, 0.717) is 36.6 Å². The molecule has 24 heavy (non-hydrogen) atoms. The highest BCUT2D eigenvalue weighted by atomic mass is 32.1. The number of carbonyl (C=O) groups excluding carboxylic acids is 2. The van der Waals surface area contributed by atoms with E-state index in [-0.39, 0.29) is 11.8 Å². The Kier molecular flexibility index (Phi) is 5.25. The van der Waals surface area contributed by atoms with Crippen molar-refractivity contribution in [2.75, 3.05) is 26.2 Å². The summed E-state index contributed by atoms with van der Waals surface area (Å²) >= 11 is 1.46. The van der Waals surface area contributed by atoms with Crippen LogP contribution in [0.15, 0.2) is 36.5 Å². The molecule has 1 aromatic carbocycles. The van der Waals surface area contributed by atoms with E-state index < -0.39 is 0 Å². The minimum Gasteiger partial charge on any atom is -0.337 e. The fourth-order valence-corrected chi connectivity index (χ4v) is 3.64. The number of hydrogen-bond acceptors (Lipinski definition) is 4. The first-order valence-electron chi connectivity index (χ1n) is 8.27. The molecule has 1 saturated heterocycles. The van der Waals surface area contributed by atoms with Crippen LogP contribution < -0.4 is 0 Å². The summed E-state index contributed by atoms with van der Waals surface area (Å²) in [6.07, 6.45) is 3.31. The number of benzene rings is 1. The van der Waals surface area contributed by atoms with Crippen LogP contribution in [0.4, 0.5) is 0 Å². The SMILES string of the molecule is CCc1ncc(C(=O)N2CCCN(C(=O)c3ccccc3)CC2)s1. The van der Waals surface area contributed by atoms with E-state index >= 15 is 0 Å². The Morgan fingerprint density at radius 1 is 1.04 bits per heavy atom. The molecule has 0 atom stereocenters. The van der Waals surface area contributed by atoms with E-state index in [1.54, 1.807) is 6.20 Å². The quantitative estimate of drug-likeness (QED) is 0.861. The Labute approximate surface area is 145 Å². The van der Waals surface area contributed by atoms with Crippen molar-refractivity contribution >= 4 is 23.2 Å². The summed E-state index contributed by atoms with van der Waals surface area (Å²) in [5, 5.41) is 0.981. The molecule has 1 aromatic heterocycles. The second-order valence-corrected chi connectivity index (χ2v) is 6.89. The Balaban J connectivity index is 1.64. The van der Waals surface area contributed by atoms with Gasteiger partial charge in [-0.15, -0.1) is 11.3 Å². The lowest BCUT2D eigenvalue weighted by Crippen LogP contribution is -2.37. The summed E-state index contributed by atoms with van der Waals surface area (Å²) in [6.45, 7) is 4.53. The summed E-state index contributed by atoms with van der Waals surface area (Å²) in [7, 11) is 0. The number of rotatable bonds is 3. The van der Waals surface area contributed by atoms with Crippen molar-refractivity contribution in [2.24, 2.45) is 0 Å². The average molecular weight is 343 g/mol. The third-order valence-corrected chi connectivity index (χ3v) is 5.29. The minimum atomic E-state index is 0.0289. The Hall–Kier alpha value is -2.21. The molecule has 0 radical (unpaired) electrons. The normalized spacial score (nSPS) is 15.2. The van der Waals surface area contributed by atoms with Gasteiger partial charge < -0.3 is 9.80 Å². The zero-order valence-corrected chi connectivity index (χ0v) is 14.6. The first-order chi connectivity index (χ1) is 11.7. The number of aromatic nitrogens is 1. The summed E-state index contributed by atoms with van der Waals surface area (Å²) in [4.78, 5) is 33.8. The van der Waals surface area contributed by atoms with Crippen LogP contribution in [0.2, 0.25) is 0 Å². The Bertz CT molecular complexity index is 714. The maximum absolute atomic E-state index is 12.6. The number of aryl methyl sites for hydroxylation is 1. The Morgan fingerprint density at radius 3 is 2.33 bits per heavy atom. The van der Waals surface area contributed by atoms with Crippen molar-refractivity contribution in [1.29, 1.82) is 0 Å². The van der Waals surface area contributed by atoms with E-state index in [0.717, 1.165) is 17.8 Å². The molecular formula is C18H21N3O2S. The lowest BCUT2D eigenvalue weighted by atomic mass is 10.2. The van der Waals surface area contributed by atoms with Gasteiger partial charge in [0, 0.05) is 31.7 Å². The predicted molar refractivity (Wildman–Crippen MR) is 94.4 cm³/mol. The molecule has 2 heterocycles. The van der Waals surface area contributed by atoms with Gasteiger partial charge in [0.1, 0.15) is 4.88 Å². The summed E-state index contributed by atoms with van der Waals surface area (Å²) in [5.74, 6) is 0.0668. The van der Waals surface area contributed by atoms with Gasteiger partial charge in [0.25, 0.3) is 11.8 Å². The molecule has 0 saturated carbocycles. The predicted octanol–water partition coefficient (Wildman–Crippen LogP) is 2.69. The van der Waals surface area contributed by atoms with Crippen LogP contribution >= 0.6 is 11.3 Å². The second-order valence-electron chi connectivity index (χ2n) is 5.78. The van der Waals surface area contributed by atoms with Gasteiger partial charge in [-0.05, 0) is 25.0 Å². The zero-order chi connectivity index (χ0) is 16.9. The van der Waals surface area contributed by atoms with Crippen LogP contribution in [0.1, 0.15) is 38.4 Å². The first-order valence-corrected chi connectivity index (χ1v) is 9.09. The maximum atomic E-state index is 12.6. The molecule has 0 N–H and O–H groups in total. The lowest BCUT2D eigenvalue weighted by molar-refractivity contribution is 0.0721. The van der Waals surface area contributed by atoms with E-state index in [2.05, 4.69) is 4.98 Å². The van der Waals surface area contributed by atoms with Crippen molar-refractivity contribution in [3.05, 3.63) is 52.0 Å². The zero-order valence-electron chi connectivity index (χ0n) is 13.8. The third kappa shape index (κ3) is 3.64. The van der Waals surface area contributed by atoms with Crippen LogP contribution in [0.3, 0.4) is 0 Å². The van der Waals surface area contributed by atoms with Crippen molar-refractivity contribution in [3.63, 3.8) is 0 Å². The standard InChI is InChI=1S/C18H21N3O2S/c1-2-16-19-13-15(24-16)18(23)21-10-6-9-20(11-12-21)17(22)14-7-4-3-5-8-14/h3-5,7-8,13H,2,6,9-12H2,1H3. The molecule has 2 aromatic rings. The highest BCUT2D eigenvalue weighted by Crippen LogP contribution is 2.17. The molecule has 3 rings (SSSR count). The number of amides is 2. The van der Waals surface area contributed by atoms with Crippen LogP contribution in [0, 0.1) is 0 Å². The van der Waals surface area contributed by atoms with Crippen molar-refractivity contribution < 1.29 is 9.59 Å². The van der Waals surface area contributed by atoms with Gasteiger partial charge >= 0.3 is 0 Å². The molecule has 5 nitrogen and oxygen atoms in total. The van der Waals surface area contributed by atoms with Crippen LogP contribution in [0.25, 0.3) is 0 Å². The molecule has 126 valence electrons. The fraction of sp³-hybridized carbons (Fsp3) is 0.389. The molecule has 1 aliphatic heterocycles. The molecule has 0 unspecified atom stereocenters. The van der Waals surface area contributed by atoms with E-state index in [1.165, 1.54) is 11.3 Å². The molecule has 2 amide bonds. The van der Waals surface area contributed by atoms with Gasteiger partial charge in [0.2, 0.25) is 0 Å². The molecule has 0 aliphatic carbocycles. The van der Waals surface area contributed by atoms with Crippen LogP contribution in [-0.2, 0) is 6.42 Å². The maximum Gasteiger partial charge on any atom is 0.265 e. The van der Waals surface area contributed by atoms with Crippen LogP contribution in [-0.4, -0.2) is 52.8 Å². The summed E-state index contributed by atoms with van der Waals surface area (Å²) < 4.78 is 0. The number of carbonyl (C=O) groups is 2. The van der Waals surface area contributed by atoms with Gasteiger partial charge in [0.05, 0.1) is 11.2 Å². The van der Waals surface area contributed by atoms with E-state index in [9.17, 15) is 9.59 Å². The smallest absolute Gasteiger partial charge is 0.265 e. The number of nitrogens with zero attached hydrogens (tertiary/aromatic N) is 3. The summed E-state index contributed by atoms with van der Waals surface area (Å²) in [5.41, 5.74) is 0.701. The molecular weight excluding hydrogens is 322 g/mol. The van der Waals surface area contributed by atoms with Gasteiger partial charge in [-0.2, -0.15) is 0 Å². The minimum absolute atomic E-state index is 0.0289. The molecule has 6 heteroatoms. The first kappa shape index (κ1) is 16.6. The molecule has 0 spiro atoms. The van der Waals surface area contributed by atoms with Gasteiger partial charge in [-0.25, -0.2) is 4.98 Å². The van der Waals surface area contributed by atoms with E-state index in [4.69, 9.17) is 0 Å². The van der Waals surface area contributed by atoms with Gasteiger partial charge in [-0.1, -0.05) is 25.1 Å². The molecule has 0 bridgehead atoms. The second kappa shape index (κ2) is 7.57. The largest absolute Gasteiger partial charge is 0.337 e. The van der Waals surface area contributed by atoms with E-state index in [1.807, 2.05) is 47.1 Å². The monoisotopic (exact) mass is 343 g/mol. The number of hydrogen-bond donors (Lipinski definition) is 0. The Morgan fingerprint density at radius 2 is 1.71 bits per heavy atom. The average Bonchev–Trinajstić information content (AvgIpc) is 2.98. The highest BCUT2D eigenvalue weighted by Gasteiger charge is 2.24. The van der Waals surface area contributed by atoms with Crippen molar-refractivity contribution in [1.82, 2.24) is 14.8 Å². The molecule has 1 fully saturated rings. The highest BCUT2D eigenvalue weighted by molar-refractivity contribution is 7.13. The third-order valence-electron chi connectivity index (χ3n) is 4.16. The fourth-order valence-electron chi connectivity index (χ4n) is 2.82. The lowest BCUT2D eigenvalue weighted by Gasteiger charge is -2.21. The molecule has 1 aliphatic rings. The van der Waals surface area contributed by atoms with Crippen LogP contribution in [0.5, 0.6) is 0 Å². The summed E-state index contributed by atoms with van der Waals surface area (Å²) in [6, 6.07) is 9.31. The van der Waals surface area contributed by atoms with Gasteiger partial charge in [-0.3, -0.25) is 9.59 Å². The number of thiazole rings is 1. The topological polar surface area (TPSA) is 53.5 Å². The van der Waals surface area contributed by atoms with Gasteiger partial charge in [0.15, 0.2) is 0 Å². The van der Waals surface area contributed by atoms with Crippen molar-refractivity contribution in [2.45, 2.75) is 19.8 Å². The van der Waals surface area contributed by atoms with Crippen molar-refractivity contribution in [3.8, 4) is 0 Å².